The fourth-order valence-electron chi connectivity index (χ4n) is 7.64. The van der Waals surface area contributed by atoms with E-state index >= 15 is 0 Å². The van der Waals surface area contributed by atoms with E-state index in [4.69, 9.17) is 0 Å². The third-order valence-corrected chi connectivity index (χ3v) is 12.7. The Bertz CT molecular complexity index is 3480. The van der Waals surface area contributed by atoms with E-state index in [1.165, 1.54) is 104 Å². The quantitative estimate of drug-likeness (QED) is 0.0578. The Hall–Kier alpha value is -6.68. The lowest BCUT2D eigenvalue weighted by Crippen LogP contribution is -1.87. The maximum atomic E-state index is 11.2. The highest BCUT2D eigenvalue weighted by atomic mass is 127. The molecule has 10 rings (SSSR count). The van der Waals surface area contributed by atoms with Gasteiger partial charge < -0.3 is 0 Å². The fraction of sp³-hybridized carbons (Fsp3) is 0.0678. The van der Waals surface area contributed by atoms with Crippen LogP contribution in [-0.2, 0) is 14.4 Å². The third-order valence-electron chi connectivity index (χ3n) is 10.4. The lowest BCUT2D eigenvalue weighted by Gasteiger charge is -2.11. The Morgan fingerprint density at radius 2 is 0.908 bits per heavy atom. The summed E-state index contributed by atoms with van der Waals surface area (Å²) >= 11 is 4.74. The van der Waals surface area contributed by atoms with Gasteiger partial charge in [-0.15, -0.1) is 5.92 Å². The number of allylic oxidation sites excluding steroid dienone is 3. The minimum atomic E-state index is -0.0394. The maximum Gasteiger partial charge on any atom is 0.190 e. The molecule has 0 fully saturated rings. The van der Waals surface area contributed by atoms with Crippen LogP contribution in [0.25, 0.3) is 64.6 Å². The molecule has 0 heterocycles. The minimum absolute atomic E-state index is 0.0394. The first kappa shape index (κ1) is 46.3. The monoisotopic (exact) mass is 990 g/mol. The zero-order valence-corrected chi connectivity index (χ0v) is 40.2. The van der Waals surface area contributed by atoms with Crippen LogP contribution in [0.3, 0.4) is 0 Å². The summed E-state index contributed by atoms with van der Waals surface area (Å²) in [5.74, 6) is 12.8. The van der Waals surface area contributed by atoms with Crippen molar-refractivity contribution in [3.8, 4) is 23.7 Å². The summed E-state index contributed by atoms with van der Waals surface area (Å²) in [6.45, 7) is 10.1. The van der Waals surface area contributed by atoms with Crippen molar-refractivity contribution in [2.75, 3.05) is 0 Å². The predicted octanol–water partition coefficient (Wildman–Crippen LogP) is 15.8. The number of hydrogen-bond donors (Lipinski definition) is 0. The van der Waals surface area contributed by atoms with Crippen molar-refractivity contribution >= 4 is 127 Å². The van der Waals surface area contributed by atoms with E-state index in [1.807, 2.05) is 55.5 Å². The summed E-state index contributed by atoms with van der Waals surface area (Å²) in [5.41, 5.74) is 3.10. The number of benzene rings is 10. The highest BCUT2D eigenvalue weighted by molar-refractivity contribution is 14.1. The van der Waals surface area contributed by atoms with Crippen LogP contribution >= 0.6 is 46.1 Å². The number of carbonyl (C=O) groups is 3. The summed E-state index contributed by atoms with van der Waals surface area (Å²) < 4.78 is 1.19. The summed E-state index contributed by atoms with van der Waals surface area (Å²) in [7, 11) is 0. The Kier molecular flexibility index (Phi) is 15.5. The molecule has 0 spiro atoms. The molecule has 65 heavy (non-hydrogen) atoms. The molecule has 0 aliphatic carbocycles. The number of carbonyl (C=O) groups excluding carboxylic acids is 3. The Morgan fingerprint density at radius 3 is 1.31 bits per heavy atom. The van der Waals surface area contributed by atoms with E-state index in [2.05, 4.69) is 162 Å². The second-order valence-corrected chi connectivity index (χ2v) is 18.6. The molecule has 0 aliphatic rings. The predicted molar refractivity (Wildman–Crippen MR) is 288 cm³/mol. The van der Waals surface area contributed by atoms with Crippen LogP contribution in [0.1, 0.15) is 44.4 Å². The van der Waals surface area contributed by atoms with Crippen molar-refractivity contribution in [1.82, 2.24) is 0 Å². The van der Waals surface area contributed by atoms with E-state index in [-0.39, 0.29) is 16.0 Å². The van der Waals surface area contributed by atoms with Crippen LogP contribution in [0.4, 0.5) is 0 Å². The molecule has 3 nitrogen and oxygen atoms in total. The first-order chi connectivity index (χ1) is 31.6. The molecule has 0 saturated carbocycles. The molecular weight excluding hydrogens is 948 g/mol. The third kappa shape index (κ3) is 11.3. The van der Waals surface area contributed by atoms with Crippen LogP contribution in [0.2, 0.25) is 0 Å². The molecule has 0 atom stereocenters. The van der Waals surface area contributed by atoms with Crippen LogP contribution in [0.15, 0.2) is 192 Å². The van der Waals surface area contributed by atoms with Gasteiger partial charge in [0.1, 0.15) is 0 Å². The van der Waals surface area contributed by atoms with Crippen LogP contribution < -0.4 is 0 Å². The molecule has 0 radical (unpaired) electrons. The first-order valence-electron chi connectivity index (χ1n) is 20.9. The zero-order valence-electron chi connectivity index (χ0n) is 36.4. The van der Waals surface area contributed by atoms with Crippen molar-refractivity contribution in [1.29, 1.82) is 0 Å². The van der Waals surface area contributed by atoms with Gasteiger partial charge in [-0.05, 0) is 174 Å². The van der Waals surface area contributed by atoms with Gasteiger partial charge in [0.05, 0.1) is 0 Å². The number of rotatable bonds is 4. The lowest BCUT2D eigenvalue weighted by atomic mass is 9.92. The summed E-state index contributed by atoms with van der Waals surface area (Å²) in [4.78, 5) is 34.0. The molecule has 0 amide bonds. The van der Waals surface area contributed by atoms with Crippen LogP contribution in [0.5, 0.6) is 0 Å². The topological polar surface area (TPSA) is 51.2 Å². The molecule has 10 aromatic carbocycles. The van der Waals surface area contributed by atoms with Gasteiger partial charge in [-0.25, -0.2) is 0 Å². The van der Waals surface area contributed by atoms with Gasteiger partial charge >= 0.3 is 0 Å². The zero-order chi connectivity index (χ0) is 45.9. The van der Waals surface area contributed by atoms with E-state index in [1.54, 1.807) is 26.8 Å². The SMILES string of the molecule is C=CC(=O)C=CC.CC#Cc1ccc2ccc3cccc4ccc1c2c34.CC(=O)Sc1ccc(C#Cc2ccc3ccc4cccc5ccc2c3c45)cc1.CC(=O)Sc1ccc(I)cc1. The highest BCUT2D eigenvalue weighted by Gasteiger charge is 2.11. The van der Waals surface area contributed by atoms with Crippen molar-refractivity contribution < 1.29 is 14.4 Å². The van der Waals surface area contributed by atoms with E-state index < -0.39 is 0 Å². The van der Waals surface area contributed by atoms with E-state index in [0.717, 1.165) is 26.5 Å². The lowest BCUT2D eigenvalue weighted by molar-refractivity contribution is -0.110. The average molecular weight is 991 g/mol. The highest BCUT2D eigenvalue weighted by Crippen LogP contribution is 2.37. The molecule has 0 aliphatic heterocycles. The average Bonchev–Trinajstić information content (AvgIpc) is 3.31. The van der Waals surface area contributed by atoms with Crippen molar-refractivity contribution in [3.05, 3.63) is 203 Å². The largest absolute Gasteiger partial charge is 0.290 e. The van der Waals surface area contributed by atoms with Gasteiger partial charge in [-0.2, -0.15) is 0 Å². The van der Waals surface area contributed by atoms with Crippen LogP contribution in [0, 0.1) is 27.3 Å². The molecular formula is C59H43IO3S2. The van der Waals surface area contributed by atoms with Crippen molar-refractivity contribution in [3.63, 3.8) is 0 Å². The molecule has 10 aromatic rings. The number of hydrogen-bond acceptors (Lipinski definition) is 5. The second kappa shape index (κ2) is 21.8. The Labute approximate surface area is 402 Å². The van der Waals surface area contributed by atoms with Gasteiger partial charge in [0.25, 0.3) is 0 Å². The summed E-state index contributed by atoms with van der Waals surface area (Å²) in [6.07, 6.45) is 4.43. The minimum Gasteiger partial charge on any atom is -0.290 e. The second-order valence-electron chi connectivity index (χ2n) is 14.8. The Morgan fingerprint density at radius 1 is 0.508 bits per heavy atom. The standard InChI is InChI=1S/C26H16OS.C19H12.C8H7IOS.C6H8O/c1-17(27)28-23-14-6-18(7-15-23)5-8-19-9-10-22-12-11-20-3-2-4-21-13-16-24(19)26(22)25(20)21;1-2-4-13-7-8-16-10-9-14-5-3-6-15-11-12-17(13)19(16)18(14)15;1-6(10)11-8-4-2-7(9)3-5-8;1-3-5-6(7)4-2/h2-4,6-7,9-16H,1H3;3,5-12H,1H3;2-5H,1H3;3-5H,2H2,1H3. The van der Waals surface area contributed by atoms with Crippen molar-refractivity contribution in [2.45, 2.75) is 37.5 Å². The molecule has 316 valence electrons. The number of ketones is 1. The molecule has 0 bridgehead atoms. The van der Waals surface area contributed by atoms with Crippen LogP contribution in [-0.4, -0.2) is 16.0 Å². The van der Waals surface area contributed by atoms with Crippen molar-refractivity contribution in [2.24, 2.45) is 0 Å². The number of halogens is 1. The fourth-order valence-corrected chi connectivity index (χ4v) is 9.20. The Balaban J connectivity index is 0.000000146. The molecule has 6 heteroatoms. The smallest absolute Gasteiger partial charge is 0.190 e. The first-order valence-corrected chi connectivity index (χ1v) is 23.6. The summed E-state index contributed by atoms with van der Waals surface area (Å²) in [6, 6.07) is 54.7. The normalized spacial score (nSPS) is 10.6. The van der Waals surface area contributed by atoms with Gasteiger partial charge in [0.15, 0.2) is 16.0 Å². The molecule has 0 saturated heterocycles. The number of thioether (sulfide) groups is 2. The van der Waals surface area contributed by atoms with Gasteiger partial charge in [0.2, 0.25) is 0 Å². The molecule has 0 aromatic heterocycles. The van der Waals surface area contributed by atoms with Gasteiger partial charge in [0, 0.05) is 43.9 Å². The molecule has 0 unspecified atom stereocenters. The van der Waals surface area contributed by atoms with E-state index in [9.17, 15) is 14.4 Å². The van der Waals surface area contributed by atoms with E-state index in [0.29, 0.717) is 0 Å². The van der Waals surface area contributed by atoms with Gasteiger partial charge in [-0.1, -0.05) is 151 Å². The maximum absolute atomic E-state index is 11.2. The summed E-state index contributed by atoms with van der Waals surface area (Å²) in [5, 5.41) is 15.6. The molecule has 0 N–H and O–H groups in total. The van der Waals surface area contributed by atoms with Gasteiger partial charge in [-0.3, -0.25) is 14.4 Å².